The normalized spacial score (nSPS) is 30.4. The quantitative estimate of drug-likeness (QED) is 0.284. The van der Waals surface area contributed by atoms with Crippen LogP contribution in [0.5, 0.6) is 0 Å². The molecule has 2 aliphatic carbocycles. The minimum atomic E-state index is 0. The van der Waals surface area contributed by atoms with Gasteiger partial charge in [-0.2, -0.15) is 0 Å². The Hall–Kier alpha value is -0.0800. The molecular formula is C20H38IN3O2. The van der Waals surface area contributed by atoms with Crippen LogP contribution in [0.2, 0.25) is 0 Å². The van der Waals surface area contributed by atoms with Crippen molar-refractivity contribution < 1.29 is 9.84 Å². The van der Waals surface area contributed by atoms with E-state index in [0.717, 1.165) is 44.9 Å². The van der Waals surface area contributed by atoms with Crippen molar-refractivity contribution in [2.45, 2.75) is 77.4 Å². The lowest BCUT2D eigenvalue weighted by Crippen LogP contribution is -2.69. The highest BCUT2D eigenvalue weighted by Gasteiger charge is 2.65. The second-order valence-corrected chi connectivity index (χ2v) is 8.19. The molecule has 1 aliphatic heterocycles. The smallest absolute Gasteiger partial charge is 0.191 e. The zero-order chi connectivity index (χ0) is 17.7. The van der Waals surface area contributed by atoms with Crippen LogP contribution >= 0.6 is 24.0 Å². The fourth-order valence-electron chi connectivity index (χ4n) is 5.51. The van der Waals surface area contributed by atoms with E-state index in [1.807, 2.05) is 0 Å². The van der Waals surface area contributed by atoms with Gasteiger partial charge in [0, 0.05) is 43.7 Å². The van der Waals surface area contributed by atoms with Crippen molar-refractivity contribution in [2.75, 3.05) is 26.3 Å². The first kappa shape index (κ1) is 22.2. The zero-order valence-electron chi connectivity index (χ0n) is 16.5. The number of guanidine groups is 1. The van der Waals surface area contributed by atoms with Crippen LogP contribution in [0.4, 0.5) is 0 Å². The minimum Gasteiger partial charge on any atom is -0.396 e. The summed E-state index contributed by atoms with van der Waals surface area (Å²) in [5.41, 5.74) is 0.352. The lowest BCUT2D eigenvalue weighted by molar-refractivity contribution is -0.125. The summed E-state index contributed by atoms with van der Waals surface area (Å²) < 4.78 is 6.10. The summed E-state index contributed by atoms with van der Waals surface area (Å²) in [7, 11) is 0. The molecule has 152 valence electrons. The van der Waals surface area contributed by atoms with Gasteiger partial charge >= 0.3 is 0 Å². The molecule has 1 spiro atoms. The average molecular weight is 479 g/mol. The Balaban J connectivity index is 0.00000243. The van der Waals surface area contributed by atoms with Crippen LogP contribution in [0.25, 0.3) is 0 Å². The average Bonchev–Trinajstić information content (AvgIpc) is 3.26. The summed E-state index contributed by atoms with van der Waals surface area (Å²) in [5, 5.41) is 16.5. The Kier molecular flexibility index (Phi) is 8.94. The third-order valence-corrected chi connectivity index (χ3v) is 6.66. The predicted molar refractivity (Wildman–Crippen MR) is 117 cm³/mol. The van der Waals surface area contributed by atoms with Crippen LogP contribution in [-0.2, 0) is 4.74 Å². The molecular weight excluding hydrogens is 441 g/mol. The van der Waals surface area contributed by atoms with Gasteiger partial charge in [0.2, 0.25) is 0 Å². The maximum Gasteiger partial charge on any atom is 0.191 e. The van der Waals surface area contributed by atoms with Crippen molar-refractivity contribution in [2.24, 2.45) is 22.2 Å². The topological polar surface area (TPSA) is 65.9 Å². The van der Waals surface area contributed by atoms with E-state index in [2.05, 4.69) is 24.5 Å². The van der Waals surface area contributed by atoms with Gasteiger partial charge in [-0.15, -0.1) is 24.0 Å². The number of rotatable bonds is 8. The molecule has 0 radical (unpaired) electrons. The van der Waals surface area contributed by atoms with Crippen molar-refractivity contribution in [3.05, 3.63) is 0 Å². The number of hydrogen-bond donors (Lipinski definition) is 3. The molecule has 3 rings (SSSR count). The summed E-state index contributed by atoms with van der Waals surface area (Å²) in [5.74, 6) is 2.10. The number of nitrogens with one attached hydrogen (secondary N) is 2. The Labute approximate surface area is 176 Å². The zero-order valence-corrected chi connectivity index (χ0v) is 18.8. The SMILES string of the molecule is CCCC(CCO)CN=C(NCC)NC1C2CCOC2C12CCCC2.I. The molecule has 0 bridgehead atoms. The molecule has 4 unspecified atom stereocenters. The Morgan fingerprint density at radius 1 is 1.27 bits per heavy atom. The maximum absolute atomic E-state index is 9.27. The molecule has 6 heteroatoms. The molecule has 0 aromatic heterocycles. The molecule has 4 atom stereocenters. The third-order valence-electron chi connectivity index (χ3n) is 6.66. The van der Waals surface area contributed by atoms with E-state index in [4.69, 9.17) is 9.73 Å². The summed E-state index contributed by atoms with van der Waals surface area (Å²) in [6.07, 6.45) is 10.1. The van der Waals surface area contributed by atoms with Crippen LogP contribution in [0.1, 0.15) is 65.2 Å². The number of nitrogens with zero attached hydrogens (tertiary/aromatic N) is 1. The van der Waals surface area contributed by atoms with Crippen molar-refractivity contribution in [3.8, 4) is 0 Å². The molecule has 3 N–H and O–H groups in total. The molecule has 1 saturated heterocycles. The number of halogens is 1. The Bertz CT molecular complexity index is 448. The van der Waals surface area contributed by atoms with Crippen LogP contribution in [0.3, 0.4) is 0 Å². The second kappa shape index (κ2) is 10.5. The monoisotopic (exact) mass is 479 g/mol. The second-order valence-electron chi connectivity index (χ2n) is 8.19. The van der Waals surface area contributed by atoms with Gasteiger partial charge in [-0.1, -0.05) is 26.2 Å². The van der Waals surface area contributed by atoms with Crippen molar-refractivity contribution in [1.82, 2.24) is 10.6 Å². The largest absolute Gasteiger partial charge is 0.396 e. The fourth-order valence-corrected chi connectivity index (χ4v) is 5.51. The van der Waals surface area contributed by atoms with Crippen molar-refractivity contribution in [3.63, 3.8) is 0 Å². The highest BCUT2D eigenvalue weighted by Crippen LogP contribution is 2.60. The Morgan fingerprint density at radius 3 is 2.69 bits per heavy atom. The standard InChI is InChI=1S/C20H37N3O2.HI/c1-3-7-15(8-12-24)14-22-19(21-4-2)23-17-16-9-13-25-18(16)20(17)10-5-6-11-20;/h15-18,24H,3-14H2,1-2H3,(H2,21,22,23);1H. The predicted octanol–water partition coefficient (Wildman–Crippen LogP) is 3.31. The molecule has 5 nitrogen and oxygen atoms in total. The molecule has 0 aromatic rings. The number of hydrogen-bond acceptors (Lipinski definition) is 3. The molecule has 0 aromatic carbocycles. The van der Waals surface area contributed by atoms with Gasteiger partial charge in [-0.3, -0.25) is 4.99 Å². The first-order chi connectivity index (χ1) is 12.2. The van der Waals surface area contributed by atoms with Gasteiger partial charge in [-0.25, -0.2) is 0 Å². The van der Waals surface area contributed by atoms with E-state index in [1.54, 1.807) is 0 Å². The summed E-state index contributed by atoms with van der Waals surface area (Å²) in [6, 6.07) is 0.516. The first-order valence-electron chi connectivity index (χ1n) is 10.5. The molecule has 1 heterocycles. The van der Waals surface area contributed by atoms with Crippen LogP contribution < -0.4 is 10.6 Å². The van der Waals surface area contributed by atoms with Gasteiger partial charge in [0.05, 0.1) is 6.10 Å². The van der Waals surface area contributed by atoms with E-state index < -0.39 is 0 Å². The maximum atomic E-state index is 9.27. The van der Waals surface area contributed by atoms with Crippen molar-refractivity contribution in [1.29, 1.82) is 0 Å². The molecule has 2 saturated carbocycles. The van der Waals surface area contributed by atoms with E-state index in [0.29, 0.717) is 29.4 Å². The summed E-state index contributed by atoms with van der Waals surface area (Å²) >= 11 is 0. The molecule has 3 fully saturated rings. The van der Waals surface area contributed by atoms with Gasteiger partial charge in [0.15, 0.2) is 5.96 Å². The highest BCUT2D eigenvalue weighted by atomic mass is 127. The van der Waals surface area contributed by atoms with Crippen LogP contribution in [0.15, 0.2) is 4.99 Å². The fraction of sp³-hybridized carbons (Fsp3) is 0.950. The Morgan fingerprint density at radius 2 is 2.04 bits per heavy atom. The molecule has 0 amide bonds. The van der Waals surface area contributed by atoms with E-state index in [-0.39, 0.29) is 30.6 Å². The van der Waals surface area contributed by atoms with Crippen molar-refractivity contribution >= 4 is 29.9 Å². The van der Waals surface area contributed by atoms with E-state index in [9.17, 15) is 5.11 Å². The minimum absolute atomic E-state index is 0. The van der Waals surface area contributed by atoms with Gasteiger partial charge < -0.3 is 20.5 Å². The summed E-state index contributed by atoms with van der Waals surface area (Å²) in [4.78, 5) is 4.88. The lowest BCUT2D eigenvalue weighted by atomic mass is 9.54. The molecule has 26 heavy (non-hydrogen) atoms. The highest BCUT2D eigenvalue weighted by molar-refractivity contribution is 14.0. The van der Waals surface area contributed by atoms with Crippen LogP contribution in [0, 0.1) is 17.3 Å². The summed E-state index contributed by atoms with van der Waals surface area (Å²) in [6.45, 7) is 7.20. The molecule has 3 aliphatic rings. The number of aliphatic hydroxyl groups is 1. The third kappa shape index (κ3) is 4.49. The number of aliphatic hydroxyl groups excluding tert-OH is 1. The first-order valence-corrected chi connectivity index (χ1v) is 10.5. The van der Waals surface area contributed by atoms with Gasteiger partial charge in [0.1, 0.15) is 0 Å². The number of aliphatic imine (C=N–C) groups is 1. The lowest BCUT2D eigenvalue weighted by Gasteiger charge is -2.57. The number of ether oxygens (including phenoxy) is 1. The number of fused-ring (bicyclic) bond motifs is 2. The van der Waals surface area contributed by atoms with Gasteiger partial charge in [0.25, 0.3) is 0 Å². The van der Waals surface area contributed by atoms with E-state index in [1.165, 1.54) is 32.1 Å². The van der Waals surface area contributed by atoms with E-state index >= 15 is 0 Å². The van der Waals surface area contributed by atoms with Crippen LogP contribution in [-0.4, -0.2) is 49.5 Å². The van der Waals surface area contributed by atoms with Gasteiger partial charge in [-0.05, 0) is 44.9 Å².